The molecule has 0 spiro atoms. The maximum atomic E-state index is 13.0. The minimum Gasteiger partial charge on any atom is -0.342 e. The summed E-state index contributed by atoms with van der Waals surface area (Å²) in [5.74, 6) is -1.54. The van der Waals surface area contributed by atoms with Crippen molar-refractivity contribution in [2.24, 2.45) is 0 Å². The van der Waals surface area contributed by atoms with Crippen LogP contribution in [0.2, 0.25) is 0 Å². The van der Waals surface area contributed by atoms with Crippen molar-refractivity contribution in [3.8, 4) is 0 Å². The van der Waals surface area contributed by atoms with E-state index in [9.17, 15) is 4.39 Å². The summed E-state index contributed by atoms with van der Waals surface area (Å²) in [4.78, 5) is 0. The second-order valence-electron chi connectivity index (χ2n) is 5.86. The van der Waals surface area contributed by atoms with E-state index in [0.29, 0.717) is 0 Å². The van der Waals surface area contributed by atoms with Gasteiger partial charge in [0.2, 0.25) is 0 Å². The first-order chi connectivity index (χ1) is 8.31. The molecule has 3 rings (SSSR count). The van der Waals surface area contributed by atoms with Gasteiger partial charge in [-0.05, 0) is 27.7 Å². The van der Waals surface area contributed by atoms with E-state index in [4.69, 9.17) is 23.7 Å². The molecule has 3 fully saturated rings. The Kier molecular flexibility index (Phi) is 2.74. The third kappa shape index (κ3) is 1.96. The van der Waals surface area contributed by atoms with Crippen LogP contribution in [0.4, 0.5) is 4.39 Å². The molecule has 104 valence electrons. The first kappa shape index (κ1) is 12.7. The van der Waals surface area contributed by atoms with E-state index in [1.54, 1.807) is 13.8 Å². The van der Waals surface area contributed by atoms with Gasteiger partial charge in [0.15, 0.2) is 17.9 Å². The molecule has 0 N–H and O–H groups in total. The van der Waals surface area contributed by atoms with Crippen molar-refractivity contribution >= 4 is 0 Å². The van der Waals surface area contributed by atoms with Crippen molar-refractivity contribution in [3.63, 3.8) is 0 Å². The summed E-state index contributed by atoms with van der Waals surface area (Å²) in [6, 6.07) is 0. The topological polar surface area (TPSA) is 46.2 Å². The molecule has 3 heterocycles. The molecule has 0 unspecified atom stereocenters. The highest BCUT2D eigenvalue weighted by molar-refractivity contribution is 5.00. The summed E-state index contributed by atoms with van der Waals surface area (Å²) >= 11 is 0. The van der Waals surface area contributed by atoms with E-state index in [2.05, 4.69) is 0 Å². The molecule has 3 aliphatic heterocycles. The zero-order chi connectivity index (χ0) is 13.1. The largest absolute Gasteiger partial charge is 0.342 e. The Labute approximate surface area is 105 Å². The molecule has 6 heteroatoms. The molecular formula is C12H19FO5. The molecule has 0 saturated carbocycles. The van der Waals surface area contributed by atoms with Gasteiger partial charge in [-0.25, -0.2) is 4.39 Å². The molecule has 0 aromatic rings. The summed E-state index contributed by atoms with van der Waals surface area (Å²) in [6.07, 6.45) is -2.32. The highest BCUT2D eigenvalue weighted by Crippen LogP contribution is 2.44. The average molecular weight is 262 g/mol. The van der Waals surface area contributed by atoms with Gasteiger partial charge in [0.05, 0.1) is 0 Å². The van der Waals surface area contributed by atoms with Crippen molar-refractivity contribution in [2.45, 2.75) is 70.0 Å². The van der Waals surface area contributed by atoms with Crippen LogP contribution in [0, 0.1) is 0 Å². The number of alkyl halides is 1. The fourth-order valence-electron chi connectivity index (χ4n) is 2.84. The van der Waals surface area contributed by atoms with Crippen LogP contribution in [0.25, 0.3) is 0 Å². The minimum atomic E-state index is -0.841. The van der Waals surface area contributed by atoms with E-state index >= 15 is 0 Å². The van der Waals surface area contributed by atoms with Crippen molar-refractivity contribution < 1.29 is 28.1 Å². The second-order valence-corrected chi connectivity index (χ2v) is 5.86. The summed E-state index contributed by atoms with van der Waals surface area (Å²) in [6.45, 7) is 6.55. The lowest BCUT2D eigenvalue weighted by atomic mass is 10.0. The Morgan fingerprint density at radius 1 is 0.833 bits per heavy atom. The first-order valence-electron chi connectivity index (χ1n) is 6.24. The Morgan fingerprint density at radius 2 is 1.44 bits per heavy atom. The van der Waals surface area contributed by atoms with E-state index in [1.807, 2.05) is 13.8 Å². The molecule has 18 heavy (non-hydrogen) atoms. The number of ether oxygens (including phenoxy) is 5. The SMILES string of the molecule is CC1(C)O[C@H]2O[C@H]3[C@H](OC(C)(C)O[C@H]3CF)[C@H]2O1. The van der Waals surface area contributed by atoms with Crippen LogP contribution in [0.15, 0.2) is 0 Å². The molecular weight excluding hydrogens is 243 g/mol. The van der Waals surface area contributed by atoms with Gasteiger partial charge in [0, 0.05) is 0 Å². The average Bonchev–Trinajstić information content (AvgIpc) is 2.69. The maximum Gasteiger partial charge on any atom is 0.190 e. The Bertz CT molecular complexity index is 345. The molecule has 3 saturated heterocycles. The fraction of sp³-hybridized carbons (Fsp3) is 1.00. The number of hydrogen-bond donors (Lipinski definition) is 0. The van der Waals surface area contributed by atoms with Gasteiger partial charge in [-0.15, -0.1) is 0 Å². The van der Waals surface area contributed by atoms with Crippen molar-refractivity contribution in [1.29, 1.82) is 0 Å². The van der Waals surface area contributed by atoms with Gasteiger partial charge < -0.3 is 23.7 Å². The van der Waals surface area contributed by atoms with Gasteiger partial charge in [-0.1, -0.05) is 0 Å². The number of hydrogen-bond acceptors (Lipinski definition) is 5. The lowest BCUT2D eigenvalue weighted by Gasteiger charge is -2.42. The van der Waals surface area contributed by atoms with Crippen LogP contribution in [0.1, 0.15) is 27.7 Å². The summed E-state index contributed by atoms with van der Waals surface area (Å²) in [5, 5.41) is 0. The van der Waals surface area contributed by atoms with Gasteiger partial charge in [-0.3, -0.25) is 0 Å². The zero-order valence-corrected chi connectivity index (χ0v) is 11.0. The number of fused-ring (bicyclic) bond motifs is 3. The fourth-order valence-corrected chi connectivity index (χ4v) is 2.84. The van der Waals surface area contributed by atoms with Gasteiger partial charge in [0.25, 0.3) is 0 Å². The second kappa shape index (κ2) is 3.86. The molecule has 3 aliphatic rings. The molecule has 0 radical (unpaired) electrons. The normalized spacial score (nSPS) is 48.8. The number of rotatable bonds is 1. The van der Waals surface area contributed by atoms with E-state index < -0.39 is 36.7 Å². The van der Waals surface area contributed by atoms with Crippen LogP contribution >= 0.6 is 0 Å². The molecule has 5 atom stereocenters. The zero-order valence-electron chi connectivity index (χ0n) is 11.0. The lowest BCUT2D eigenvalue weighted by molar-refractivity contribution is -0.344. The Hall–Kier alpha value is -0.270. The van der Waals surface area contributed by atoms with Crippen LogP contribution < -0.4 is 0 Å². The molecule has 5 nitrogen and oxygen atoms in total. The van der Waals surface area contributed by atoms with Crippen molar-refractivity contribution in [2.75, 3.05) is 6.67 Å². The van der Waals surface area contributed by atoms with Crippen molar-refractivity contribution in [1.82, 2.24) is 0 Å². The van der Waals surface area contributed by atoms with Crippen LogP contribution in [-0.2, 0) is 23.7 Å². The van der Waals surface area contributed by atoms with Crippen molar-refractivity contribution in [3.05, 3.63) is 0 Å². The third-order valence-corrected chi connectivity index (χ3v) is 3.40. The number of halogens is 1. The van der Waals surface area contributed by atoms with Gasteiger partial charge in [0.1, 0.15) is 31.1 Å². The predicted molar refractivity (Wildman–Crippen MR) is 58.5 cm³/mol. The first-order valence-corrected chi connectivity index (χ1v) is 6.24. The Balaban J connectivity index is 1.83. The maximum absolute atomic E-state index is 13.0. The van der Waals surface area contributed by atoms with Gasteiger partial charge in [-0.2, -0.15) is 0 Å². The monoisotopic (exact) mass is 262 g/mol. The summed E-state index contributed by atoms with van der Waals surface area (Å²) in [7, 11) is 0. The van der Waals surface area contributed by atoms with E-state index in [0.717, 1.165) is 0 Å². The lowest BCUT2D eigenvalue weighted by Crippen LogP contribution is -2.56. The van der Waals surface area contributed by atoms with Crippen LogP contribution in [-0.4, -0.2) is 49.0 Å². The quantitative estimate of drug-likeness (QED) is 0.714. The van der Waals surface area contributed by atoms with E-state index in [1.165, 1.54) is 0 Å². The Morgan fingerprint density at radius 3 is 2.11 bits per heavy atom. The summed E-state index contributed by atoms with van der Waals surface area (Å²) < 4.78 is 41.5. The third-order valence-electron chi connectivity index (χ3n) is 3.40. The highest BCUT2D eigenvalue weighted by Gasteiger charge is 2.61. The van der Waals surface area contributed by atoms with Gasteiger partial charge >= 0.3 is 0 Å². The summed E-state index contributed by atoms with van der Waals surface area (Å²) in [5.41, 5.74) is 0. The van der Waals surface area contributed by atoms with Crippen LogP contribution in [0.3, 0.4) is 0 Å². The molecule has 0 amide bonds. The molecule has 0 aromatic heterocycles. The highest BCUT2D eigenvalue weighted by atomic mass is 19.1. The smallest absolute Gasteiger partial charge is 0.190 e. The molecule has 0 bridgehead atoms. The molecule has 0 aromatic carbocycles. The minimum absolute atomic E-state index is 0.331. The van der Waals surface area contributed by atoms with E-state index in [-0.39, 0.29) is 12.2 Å². The predicted octanol–water partition coefficient (Wildman–Crippen LogP) is 1.35. The molecule has 0 aliphatic carbocycles. The standard InChI is InChI=1S/C12H19FO5/c1-11(2)15-6(5-13)7-8(16-11)9-10(14-7)18-12(3,4)17-9/h6-10H,5H2,1-4H3/t6-,7+,8-,9+,10+/m0/s1. The van der Waals surface area contributed by atoms with Crippen LogP contribution in [0.5, 0.6) is 0 Å².